The summed E-state index contributed by atoms with van der Waals surface area (Å²) in [5.41, 5.74) is 1.05. The van der Waals surface area contributed by atoms with Gasteiger partial charge in [0.15, 0.2) is 17.3 Å². The average molecular weight is 430 g/mol. The van der Waals surface area contributed by atoms with Crippen molar-refractivity contribution in [1.82, 2.24) is 4.98 Å². The molecule has 0 spiro atoms. The van der Waals surface area contributed by atoms with E-state index in [9.17, 15) is 9.59 Å². The Morgan fingerprint density at radius 1 is 1.17 bits per heavy atom. The predicted octanol–water partition coefficient (Wildman–Crippen LogP) is 3.38. The molecular weight excluding hydrogens is 410 g/mol. The first-order valence-electron chi connectivity index (χ1n) is 9.03. The summed E-state index contributed by atoms with van der Waals surface area (Å²) in [6.45, 7) is 2.60. The molecule has 0 unspecified atom stereocenters. The summed E-state index contributed by atoms with van der Waals surface area (Å²) in [4.78, 5) is 27.4. The summed E-state index contributed by atoms with van der Waals surface area (Å²) in [7, 11) is 1.58. The molecule has 29 heavy (non-hydrogen) atoms. The maximum atomic E-state index is 12.4. The van der Waals surface area contributed by atoms with Gasteiger partial charge in [-0.25, -0.2) is 0 Å². The van der Waals surface area contributed by atoms with Crippen LogP contribution < -0.4 is 24.2 Å². The second-order valence-electron chi connectivity index (χ2n) is 6.20. The molecule has 0 aliphatic rings. The molecule has 0 saturated carbocycles. The van der Waals surface area contributed by atoms with Gasteiger partial charge >= 0.3 is 0 Å². The number of rotatable bonds is 7. The second kappa shape index (κ2) is 9.58. The van der Waals surface area contributed by atoms with Crippen molar-refractivity contribution in [3.05, 3.63) is 78.2 Å². The van der Waals surface area contributed by atoms with E-state index in [0.29, 0.717) is 37.9 Å². The largest absolute Gasteiger partial charge is 0.493 e. The number of Topliss-reactive ketones (excluding diaryl/α,β-unsaturated/α-hetero) is 1. The number of ketones is 1. The first-order chi connectivity index (χ1) is 14.0. The number of methoxy groups -OCH3 is 1. The zero-order valence-electron chi connectivity index (χ0n) is 16.0. The number of halogens is 1. The van der Waals surface area contributed by atoms with Gasteiger partial charge in [-0.15, -0.1) is 11.3 Å². The standard InChI is InChI=1S/C22H20ClNO4S/c1-3-10-28-19-11-14(4-9-18(19)27-2)12-20-22(26)24-21(29-20)13-17(25)15-5-7-16(23)8-6-15/h4-9,11-13H,3,10H2,1-2H3,(H,24,26)/b20-12-,21-13-. The molecular formula is C22H20ClNO4S. The van der Waals surface area contributed by atoms with Crippen LogP contribution in [-0.2, 0) is 0 Å². The molecule has 3 rings (SSSR count). The van der Waals surface area contributed by atoms with Crippen molar-refractivity contribution >= 4 is 40.9 Å². The van der Waals surface area contributed by atoms with Crippen LogP contribution in [0.3, 0.4) is 0 Å². The highest BCUT2D eigenvalue weighted by molar-refractivity contribution is 7.07. The lowest BCUT2D eigenvalue weighted by Crippen LogP contribution is -2.20. The Hall–Kier alpha value is -2.83. The monoisotopic (exact) mass is 429 g/mol. The van der Waals surface area contributed by atoms with E-state index in [1.165, 1.54) is 17.4 Å². The lowest BCUT2D eigenvalue weighted by molar-refractivity contribution is 0.106. The highest BCUT2D eigenvalue weighted by atomic mass is 35.5. The van der Waals surface area contributed by atoms with Gasteiger partial charge in [0.25, 0.3) is 5.56 Å². The number of thiazole rings is 1. The van der Waals surface area contributed by atoms with Gasteiger partial charge in [0, 0.05) is 16.7 Å². The first-order valence-corrected chi connectivity index (χ1v) is 10.2. The number of hydrogen-bond donors (Lipinski definition) is 1. The molecule has 1 aromatic heterocycles. The molecule has 1 heterocycles. The number of H-pyrrole nitrogens is 1. The SMILES string of the molecule is CCCOc1cc(/C=c2\s/c(=C\C(=O)c3ccc(Cl)cc3)[nH]c2=O)ccc1OC. The fraction of sp³-hybridized carbons (Fsp3) is 0.182. The van der Waals surface area contributed by atoms with Crippen LogP contribution in [0.1, 0.15) is 29.3 Å². The van der Waals surface area contributed by atoms with E-state index in [0.717, 1.165) is 12.0 Å². The van der Waals surface area contributed by atoms with Crippen LogP contribution in [0.5, 0.6) is 11.5 Å². The Morgan fingerprint density at radius 3 is 2.62 bits per heavy atom. The van der Waals surface area contributed by atoms with Crippen molar-refractivity contribution in [1.29, 1.82) is 0 Å². The minimum Gasteiger partial charge on any atom is -0.493 e. The topological polar surface area (TPSA) is 68.4 Å². The van der Waals surface area contributed by atoms with Crippen LogP contribution in [0.4, 0.5) is 0 Å². The van der Waals surface area contributed by atoms with Crippen LogP contribution in [0.15, 0.2) is 47.3 Å². The number of aromatic amines is 1. The zero-order chi connectivity index (χ0) is 20.8. The molecule has 0 fully saturated rings. The zero-order valence-corrected chi connectivity index (χ0v) is 17.6. The van der Waals surface area contributed by atoms with E-state index in [1.807, 2.05) is 19.1 Å². The van der Waals surface area contributed by atoms with Gasteiger partial charge in [-0.3, -0.25) is 9.59 Å². The third-order valence-corrected chi connectivity index (χ3v) is 5.23. The maximum Gasteiger partial charge on any atom is 0.266 e. The van der Waals surface area contributed by atoms with Crippen molar-refractivity contribution in [2.24, 2.45) is 0 Å². The Kier molecular flexibility index (Phi) is 6.90. The van der Waals surface area contributed by atoms with E-state index < -0.39 is 0 Å². The molecule has 0 aliphatic heterocycles. The number of ether oxygens (including phenoxy) is 2. The Balaban J connectivity index is 1.93. The highest BCUT2D eigenvalue weighted by Crippen LogP contribution is 2.28. The minimum absolute atomic E-state index is 0.203. The number of carbonyl (C=O) groups excluding carboxylic acids is 1. The van der Waals surface area contributed by atoms with Crippen molar-refractivity contribution in [3.63, 3.8) is 0 Å². The lowest BCUT2D eigenvalue weighted by atomic mass is 10.1. The number of nitrogens with one attached hydrogen (secondary N) is 1. The van der Waals surface area contributed by atoms with Gasteiger partial charge in [-0.1, -0.05) is 24.6 Å². The molecule has 0 saturated heterocycles. The lowest BCUT2D eigenvalue weighted by Gasteiger charge is -2.10. The minimum atomic E-state index is -0.253. The molecule has 0 amide bonds. The quantitative estimate of drug-likeness (QED) is 0.584. The first kappa shape index (κ1) is 20.9. The van der Waals surface area contributed by atoms with Crippen molar-refractivity contribution in [3.8, 4) is 11.5 Å². The van der Waals surface area contributed by atoms with E-state index in [4.69, 9.17) is 21.1 Å². The fourth-order valence-corrected chi connectivity index (χ4v) is 3.61. The summed E-state index contributed by atoms with van der Waals surface area (Å²) in [5, 5.41) is 0.560. The second-order valence-corrected chi connectivity index (χ2v) is 7.72. The van der Waals surface area contributed by atoms with Gasteiger partial charge in [0.1, 0.15) is 0 Å². The van der Waals surface area contributed by atoms with Gasteiger partial charge in [0.2, 0.25) is 0 Å². The summed E-state index contributed by atoms with van der Waals surface area (Å²) in [5.74, 6) is 1.06. The molecule has 0 bridgehead atoms. The van der Waals surface area contributed by atoms with E-state index >= 15 is 0 Å². The maximum absolute atomic E-state index is 12.4. The molecule has 0 aliphatic carbocycles. The van der Waals surface area contributed by atoms with Crippen LogP contribution in [0, 0.1) is 0 Å². The van der Waals surface area contributed by atoms with Gasteiger partial charge < -0.3 is 14.5 Å². The van der Waals surface area contributed by atoms with Crippen LogP contribution in [0.25, 0.3) is 12.2 Å². The molecule has 7 heteroatoms. The summed E-state index contributed by atoms with van der Waals surface area (Å²) in [6.07, 6.45) is 4.05. The van der Waals surface area contributed by atoms with Crippen molar-refractivity contribution in [2.75, 3.05) is 13.7 Å². The Labute approximate surface area is 176 Å². The normalized spacial score (nSPS) is 12.2. The van der Waals surface area contributed by atoms with E-state index in [2.05, 4.69) is 4.98 Å². The Bertz CT molecular complexity index is 1180. The van der Waals surface area contributed by atoms with E-state index in [1.54, 1.807) is 43.5 Å². The number of carbonyl (C=O) groups is 1. The van der Waals surface area contributed by atoms with Crippen LogP contribution in [-0.4, -0.2) is 24.5 Å². The smallest absolute Gasteiger partial charge is 0.266 e. The van der Waals surface area contributed by atoms with Crippen LogP contribution in [0.2, 0.25) is 5.02 Å². The Morgan fingerprint density at radius 2 is 1.93 bits per heavy atom. The number of aromatic nitrogens is 1. The van der Waals surface area contributed by atoms with Gasteiger partial charge in [0.05, 0.1) is 22.9 Å². The summed E-state index contributed by atoms with van der Waals surface area (Å²) in [6, 6.07) is 12.1. The van der Waals surface area contributed by atoms with E-state index in [-0.39, 0.29) is 11.3 Å². The van der Waals surface area contributed by atoms with Gasteiger partial charge in [-0.2, -0.15) is 0 Å². The van der Waals surface area contributed by atoms with Crippen molar-refractivity contribution in [2.45, 2.75) is 13.3 Å². The molecule has 3 aromatic rings. The molecule has 1 N–H and O–H groups in total. The van der Waals surface area contributed by atoms with Gasteiger partial charge in [-0.05, 0) is 54.5 Å². The predicted molar refractivity (Wildman–Crippen MR) is 117 cm³/mol. The third-order valence-electron chi connectivity index (χ3n) is 4.02. The average Bonchev–Trinajstić information content (AvgIpc) is 3.05. The third kappa shape index (κ3) is 5.37. The highest BCUT2D eigenvalue weighted by Gasteiger charge is 2.06. The number of hydrogen-bond acceptors (Lipinski definition) is 5. The molecule has 5 nitrogen and oxygen atoms in total. The number of benzene rings is 2. The molecule has 2 aromatic carbocycles. The fourth-order valence-electron chi connectivity index (χ4n) is 2.60. The molecule has 150 valence electrons. The van der Waals surface area contributed by atoms with Crippen molar-refractivity contribution < 1.29 is 14.3 Å². The summed E-state index contributed by atoms with van der Waals surface area (Å²) >= 11 is 7.06. The molecule has 0 radical (unpaired) electrons. The summed E-state index contributed by atoms with van der Waals surface area (Å²) < 4.78 is 12.0. The molecule has 0 atom stereocenters. The van der Waals surface area contributed by atoms with Crippen LogP contribution >= 0.6 is 22.9 Å².